The molecule has 2 unspecified atom stereocenters. The van der Waals surface area contributed by atoms with E-state index in [9.17, 15) is 8.42 Å². The second kappa shape index (κ2) is 5.67. The van der Waals surface area contributed by atoms with Crippen molar-refractivity contribution in [3.63, 3.8) is 0 Å². The van der Waals surface area contributed by atoms with Gasteiger partial charge in [0.2, 0.25) is 10.0 Å². The summed E-state index contributed by atoms with van der Waals surface area (Å²) in [5, 5.41) is 0. The Balaban J connectivity index is 2.21. The molecule has 2 rings (SSSR count). The number of nitrogens with two attached hydrogens (primary N) is 1. The number of rotatable bonds is 3. The zero-order valence-corrected chi connectivity index (χ0v) is 13.0. The monoisotopic (exact) mass is 298 g/mol. The first-order valence-electron chi connectivity index (χ1n) is 6.73. The first-order valence-corrected chi connectivity index (χ1v) is 8.17. The van der Waals surface area contributed by atoms with Crippen LogP contribution in [-0.4, -0.2) is 50.4 Å². The summed E-state index contributed by atoms with van der Waals surface area (Å²) >= 11 is 0. The Kier molecular flexibility index (Phi) is 4.31. The zero-order valence-electron chi connectivity index (χ0n) is 12.2. The van der Waals surface area contributed by atoms with Crippen LogP contribution in [0.15, 0.2) is 23.2 Å². The average Bonchev–Trinajstić information content (AvgIpc) is 2.38. The standard InChI is InChI=1S/C13H22N4O2S/c1-10-8-11(14)6-7-17(10)13-5-4-12(9-15-13)20(18,19)16(2)3/h4-5,9-11H,6-8,14H2,1-3H3. The van der Waals surface area contributed by atoms with Crippen LogP contribution in [0, 0.1) is 0 Å². The van der Waals surface area contributed by atoms with Crippen molar-refractivity contribution in [3.8, 4) is 0 Å². The first kappa shape index (κ1) is 15.2. The molecule has 1 aromatic heterocycles. The lowest BCUT2D eigenvalue weighted by Crippen LogP contribution is -2.46. The highest BCUT2D eigenvalue weighted by atomic mass is 32.2. The SMILES string of the molecule is CC1CC(N)CCN1c1ccc(S(=O)(=O)N(C)C)cn1. The summed E-state index contributed by atoms with van der Waals surface area (Å²) in [6.45, 7) is 2.97. The Labute approximate surface area is 120 Å². The van der Waals surface area contributed by atoms with Gasteiger partial charge in [0.15, 0.2) is 0 Å². The van der Waals surface area contributed by atoms with E-state index in [-0.39, 0.29) is 10.9 Å². The molecule has 1 aliphatic heterocycles. The predicted molar refractivity (Wildman–Crippen MR) is 79.1 cm³/mol. The van der Waals surface area contributed by atoms with Gasteiger partial charge in [0, 0.05) is 38.9 Å². The lowest BCUT2D eigenvalue weighted by atomic mass is 9.99. The van der Waals surface area contributed by atoms with Crippen molar-refractivity contribution in [2.75, 3.05) is 25.5 Å². The molecule has 0 amide bonds. The third-order valence-electron chi connectivity index (χ3n) is 3.71. The Morgan fingerprint density at radius 1 is 1.40 bits per heavy atom. The summed E-state index contributed by atoms with van der Waals surface area (Å²) < 4.78 is 25.2. The molecule has 1 fully saturated rings. The third kappa shape index (κ3) is 2.94. The molecule has 0 spiro atoms. The fourth-order valence-electron chi connectivity index (χ4n) is 2.45. The summed E-state index contributed by atoms with van der Waals surface area (Å²) in [6.07, 6.45) is 3.29. The number of piperidine rings is 1. The molecule has 0 aliphatic carbocycles. The fraction of sp³-hybridized carbons (Fsp3) is 0.615. The van der Waals surface area contributed by atoms with Crippen LogP contribution in [0.4, 0.5) is 5.82 Å². The van der Waals surface area contributed by atoms with Crippen molar-refractivity contribution in [1.29, 1.82) is 0 Å². The van der Waals surface area contributed by atoms with Gasteiger partial charge in [-0.2, -0.15) is 0 Å². The molecule has 0 radical (unpaired) electrons. The van der Waals surface area contributed by atoms with Crippen molar-refractivity contribution >= 4 is 15.8 Å². The quantitative estimate of drug-likeness (QED) is 0.886. The van der Waals surface area contributed by atoms with E-state index in [0.717, 1.165) is 25.2 Å². The maximum absolute atomic E-state index is 12.0. The van der Waals surface area contributed by atoms with Crippen LogP contribution in [0.3, 0.4) is 0 Å². The highest BCUT2D eigenvalue weighted by molar-refractivity contribution is 7.89. The topological polar surface area (TPSA) is 79.5 Å². The molecule has 0 aromatic carbocycles. The summed E-state index contributed by atoms with van der Waals surface area (Å²) in [7, 11) is -0.392. The number of hydrogen-bond acceptors (Lipinski definition) is 5. The van der Waals surface area contributed by atoms with E-state index in [4.69, 9.17) is 5.73 Å². The molecular weight excluding hydrogens is 276 g/mol. The molecule has 112 valence electrons. The molecule has 1 aromatic rings. The predicted octanol–water partition coefficient (Wildman–Crippen LogP) is 0.648. The number of anilines is 1. The van der Waals surface area contributed by atoms with E-state index in [0.29, 0.717) is 6.04 Å². The Morgan fingerprint density at radius 3 is 2.60 bits per heavy atom. The summed E-state index contributed by atoms with van der Waals surface area (Å²) in [6, 6.07) is 3.94. The van der Waals surface area contributed by atoms with Gasteiger partial charge in [-0.15, -0.1) is 0 Å². The second-order valence-corrected chi connectivity index (χ2v) is 7.62. The molecule has 6 nitrogen and oxygen atoms in total. The minimum Gasteiger partial charge on any atom is -0.354 e. The van der Waals surface area contributed by atoms with Crippen molar-refractivity contribution in [1.82, 2.24) is 9.29 Å². The molecule has 2 N–H and O–H groups in total. The molecule has 2 heterocycles. The maximum atomic E-state index is 12.0. The van der Waals surface area contributed by atoms with Gasteiger partial charge >= 0.3 is 0 Å². The van der Waals surface area contributed by atoms with Crippen molar-refractivity contribution in [2.45, 2.75) is 36.7 Å². The van der Waals surface area contributed by atoms with E-state index < -0.39 is 10.0 Å². The highest BCUT2D eigenvalue weighted by Crippen LogP contribution is 2.23. The Hall–Kier alpha value is -1.18. The van der Waals surface area contributed by atoms with Crippen LogP contribution in [0.5, 0.6) is 0 Å². The van der Waals surface area contributed by atoms with Crippen molar-refractivity contribution in [2.24, 2.45) is 5.73 Å². The zero-order chi connectivity index (χ0) is 14.9. The fourth-order valence-corrected chi connectivity index (χ4v) is 3.30. The van der Waals surface area contributed by atoms with E-state index in [1.54, 1.807) is 12.1 Å². The van der Waals surface area contributed by atoms with Crippen LogP contribution in [0.25, 0.3) is 0 Å². The molecule has 0 bridgehead atoms. The van der Waals surface area contributed by atoms with Gasteiger partial charge in [-0.1, -0.05) is 0 Å². The van der Waals surface area contributed by atoms with Gasteiger partial charge in [0.25, 0.3) is 0 Å². The van der Waals surface area contributed by atoms with E-state index in [1.807, 2.05) is 0 Å². The minimum atomic E-state index is -3.41. The molecule has 7 heteroatoms. The van der Waals surface area contributed by atoms with E-state index in [2.05, 4.69) is 16.8 Å². The van der Waals surface area contributed by atoms with Crippen molar-refractivity contribution < 1.29 is 8.42 Å². The number of pyridine rings is 1. The number of hydrogen-bond donors (Lipinski definition) is 1. The largest absolute Gasteiger partial charge is 0.354 e. The minimum absolute atomic E-state index is 0.215. The molecule has 0 saturated carbocycles. The highest BCUT2D eigenvalue weighted by Gasteiger charge is 2.25. The van der Waals surface area contributed by atoms with Gasteiger partial charge < -0.3 is 10.6 Å². The summed E-state index contributed by atoms with van der Waals surface area (Å²) in [4.78, 5) is 6.70. The van der Waals surface area contributed by atoms with Crippen LogP contribution in [-0.2, 0) is 10.0 Å². The van der Waals surface area contributed by atoms with Crippen molar-refractivity contribution in [3.05, 3.63) is 18.3 Å². The molecular formula is C13H22N4O2S. The smallest absolute Gasteiger partial charge is 0.244 e. The maximum Gasteiger partial charge on any atom is 0.244 e. The average molecular weight is 298 g/mol. The summed E-state index contributed by atoms with van der Waals surface area (Å²) in [5.74, 6) is 0.808. The third-order valence-corrected chi connectivity index (χ3v) is 5.51. The van der Waals surface area contributed by atoms with Gasteiger partial charge in [-0.05, 0) is 31.9 Å². The molecule has 20 heavy (non-hydrogen) atoms. The number of aromatic nitrogens is 1. The Bertz CT molecular complexity index is 556. The number of nitrogens with zero attached hydrogens (tertiary/aromatic N) is 3. The van der Waals surface area contributed by atoms with Gasteiger partial charge in [0.05, 0.1) is 0 Å². The first-order chi connectivity index (χ1) is 9.32. The lowest BCUT2D eigenvalue weighted by Gasteiger charge is -2.37. The number of sulfonamides is 1. The molecule has 1 aliphatic rings. The molecule has 1 saturated heterocycles. The Morgan fingerprint density at radius 2 is 2.10 bits per heavy atom. The lowest BCUT2D eigenvalue weighted by molar-refractivity contribution is 0.427. The van der Waals surface area contributed by atoms with Crippen LogP contribution >= 0.6 is 0 Å². The van der Waals surface area contributed by atoms with Gasteiger partial charge in [-0.25, -0.2) is 17.7 Å². The van der Waals surface area contributed by atoms with Crippen LogP contribution < -0.4 is 10.6 Å². The summed E-state index contributed by atoms with van der Waals surface area (Å²) in [5.41, 5.74) is 5.95. The van der Waals surface area contributed by atoms with E-state index in [1.165, 1.54) is 24.6 Å². The van der Waals surface area contributed by atoms with Crippen LogP contribution in [0.2, 0.25) is 0 Å². The van der Waals surface area contributed by atoms with Crippen LogP contribution in [0.1, 0.15) is 19.8 Å². The van der Waals surface area contributed by atoms with Gasteiger partial charge in [0.1, 0.15) is 10.7 Å². The normalized spacial score (nSPS) is 24.1. The van der Waals surface area contributed by atoms with Gasteiger partial charge in [-0.3, -0.25) is 0 Å². The van der Waals surface area contributed by atoms with E-state index >= 15 is 0 Å². The molecule has 2 atom stereocenters. The second-order valence-electron chi connectivity index (χ2n) is 5.47.